The maximum absolute atomic E-state index is 14.5. The smallest absolute Gasteiger partial charge is 0.159 e. The summed E-state index contributed by atoms with van der Waals surface area (Å²) < 4.78 is 41.4. The van der Waals surface area contributed by atoms with Gasteiger partial charge < -0.3 is 0 Å². The second-order valence-electron chi connectivity index (χ2n) is 7.82. The Kier molecular flexibility index (Phi) is 6.82. The fourth-order valence-electron chi connectivity index (χ4n) is 3.43. The molecule has 0 aliphatic heterocycles. The van der Waals surface area contributed by atoms with Crippen LogP contribution in [0.3, 0.4) is 0 Å². The van der Waals surface area contributed by atoms with Crippen molar-refractivity contribution >= 4 is 10.8 Å². The number of rotatable bonds is 3. The fraction of sp³-hybridized carbons (Fsp3) is 0.133. The quantitative estimate of drug-likeness (QED) is 0.292. The van der Waals surface area contributed by atoms with Gasteiger partial charge >= 0.3 is 0 Å². The van der Waals surface area contributed by atoms with Gasteiger partial charge in [-0.15, -0.1) is 0 Å². The van der Waals surface area contributed by atoms with Crippen LogP contribution in [0, 0.1) is 41.1 Å². The SMILES string of the molecule is CCCCc1ccc(C#Cc2ccc(C#Cc3ccc4cc(F)c(F)cc4c3)c(F)c2)cc1. The van der Waals surface area contributed by atoms with Gasteiger partial charge in [0.25, 0.3) is 0 Å². The van der Waals surface area contributed by atoms with Crippen molar-refractivity contribution in [3.8, 4) is 23.7 Å². The molecule has 0 aromatic heterocycles. The number of benzene rings is 4. The Labute approximate surface area is 192 Å². The van der Waals surface area contributed by atoms with E-state index in [2.05, 4.69) is 42.7 Å². The molecule has 0 saturated heterocycles. The van der Waals surface area contributed by atoms with E-state index in [4.69, 9.17) is 0 Å². The molecular weight excluding hydrogens is 417 g/mol. The first-order valence-electron chi connectivity index (χ1n) is 10.8. The van der Waals surface area contributed by atoms with Crippen molar-refractivity contribution < 1.29 is 13.2 Å². The number of fused-ring (bicyclic) bond motifs is 1. The molecule has 0 saturated carbocycles. The van der Waals surface area contributed by atoms with Gasteiger partial charge in [-0.05, 0) is 83.8 Å². The average Bonchev–Trinajstić information content (AvgIpc) is 2.82. The van der Waals surface area contributed by atoms with E-state index in [9.17, 15) is 13.2 Å². The van der Waals surface area contributed by atoms with Gasteiger partial charge in [-0.3, -0.25) is 0 Å². The first-order valence-corrected chi connectivity index (χ1v) is 10.8. The van der Waals surface area contributed by atoms with Crippen LogP contribution in [-0.2, 0) is 6.42 Å². The highest BCUT2D eigenvalue weighted by molar-refractivity contribution is 5.84. The molecule has 0 spiro atoms. The molecule has 0 heterocycles. The lowest BCUT2D eigenvalue weighted by molar-refractivity contribution is 0.511. The molecule has 162 valence electrons. The number of halogens is 3. The second-order valence-corrected chi connectivity index (χ2v) is 7.82. The lowest BCUT2D eigenvalue weighted by Crippen LogP contribution is -1.87. The van der Waals surface area contributed by atoms with Crippen LogP contribution in [0.25, 0.3) is 10.8 Å². The van der Waals surface area contributed by atoms with Crippen molar-refractivity contribution in [2.45, 2.75) is 26.2 Å². The minimum Gasteiger partial charge on any atom is -0.206 e. The van der Waals surface area contributed by atoms with Crippen LogP contribution in [0.5, 0.6) is 0 Å². The molecule has 0 bridgehead atoms. The summed E-state index contributed by atoms with van der Waals surface area (Å²) >= 11 is 0. The monoisotopic (exact) mass is 438 g/mol. The Morgan fingerprint density at radius 1 is 0.576 bits per heavy atom. The fourth-order valence-corrected chi connectivity index (χ4v) is 3.43. The number of hydrogen-bond donors (Lipinski definition) is 0. The predicted octanol–water partition coefficient (Wildman–Crippen LogP) is 7.40. The Hall–Kier alpha value is -3.95. The maximum Gasteiger partial charge on any atom is 0.159 e. The van der Waals surface area contributed by atoms with Gasteiger partial charge in [0.05, 0.1) is 5.56 Å². The summed E-state index contributed by atoms with van der Waals surface area (Å²) in [6.45, 7) is 2.17. The van der Waals surface area contributed by atoms with E-state index in [1.165, 1.54) is 18.1 Å². The number of aryl methyl sites for hydroxylation is 1. The molecule has 33 heavy (non-hydrogen) atoms. The van der Waals surface area contributed by atoms with Gasteiger partial charge in [0, 0.05) is 16.7 Å². The van der Waals surface area contributed by atoms with Crippen molar-refractivity contribution in [2.24, 2.45) is 0 Å². The Balaban J connectivity index is 1.50. The minimum atomic E-state index is -0.914. The highest BCUT2D eigenvalue weighted by Gasteiger charge is 2.04. The van der Waals surface area contributed by atoms with E-state index >= 15 is 0 Å². The molecule has 0 N–H and O–H groups in total. The van der Waals surface area contributed by atoms with Gasteiger partial charge in [0.1, 0.15) is 5.82 Å². The first kappa shape index (κ1) is 22.3. The lowest BCUT2D eigenvalue weighted by atomic mass is 10.1. The molecule has 0 unspecified atom stereocenters. The van der Waals surface area contributed by atoms with Crippen LogP contribution in [0.4, 0.5) is 13.2 Å². The molecule has 4 aromatic carbocycles. The van der Waals surface area contributed by atoms with Gasteiger partial charge in [-0.25, -0.2) is 13.2 Å². The van der Waals surface area contributed by atoms with E-state index in [1.807, 2.05) is 12.1 Å². The molecule has 0 radical (unpaired) electrons. The van der Waals surface area contributed by atoms with E-state index in [1.54, 1.807) is 30.3 Å². The summed E-state index contributed by atoms with van der Waals surface area (Å²) in [6.07, 6.45) is 3.39. The first-order chi connectivity index (χ1) is 16.0. The molecule has 4 rings (SSSR count). The average molecular weight is 438 g/mol. The van der Waals surface area contributed by atoms with E-state index in [0.29, 0.717) is 21.9 Å². The van der Waals surface area contributed by atoms with Crippen LogP contribution in [0.2, 0.25) is 0 Å². The zero-order valence-electron chi connectivity index (χ0n) is 18.2. The highest BCUT2D eigenvalue weighted by Crippen LogP contribution is 2.20. The van der Waals surface area contributed by atoms with Crippen molar-refractivity contribution in [2.75, 3.05) is 0 Å². The molecule has 3 heteroatoms. The van der Waals surface area contributed by atoms with Crippen molar-refractivity contribution in [1.82, 2.24) is 0 Å². The second kappa shape index (κ2) is 10.1. The van der Waals surface area contributed by atoms with Crippen LogP contribution in [-0.4, -0.2) is 0 Å². The lowest BCUT2D eigenvalue weighted by Gasteiger charge is -2.00. The molecule has 0 nitrogen and oxygen atoms in total. The largest absolute Gasteiger partial charge is 0.206 e. The van der Waals surface area contributed by atoms with Crippen molar-refractivity contribution in [3.63, 3.8) is 0 Å². The molecule has 0 amide bonds. The maximum atomic E-state index is 14.5. The molecule has 4 aromatic rings. The summed E-state index contributed by atoms with van der Waals surface area (Å²) in [4.78, 5) is 0. The third kappa shape index (κ3) is 5.65. The zero-order valence-corrected chi connectivity index (χ0v) is 18.2. The van der Waals surface area contributed by atoms with Crippen LogP contribution >= 0.6 is 0 Å². The molecule has 0 atom stereocenters. The third-order valence-electron chi connectivity index (χ3n) is 5.31. The third-order valence-corrected chi connectivity index (χ3v) is 5.31. The van der Waals surface area contributed by atoms with E-state index in [0.717, 1.165) is 30.5 Å². The molecule has 0 aliphatic carbocycles. The number of hydrogen-bond acceptors (Lipinski definition) is 0. The summed E-state index contributed by atoms with van der Waals surface area (Å²) in [7, 11) is 0. The van der Waals surface area contributed by atoms with E-state index < -0.39 is 17.5 Å². The Morgan fingerprint density at radius 3 is 1.91 bits per heavy atom. The van der Waals surface area contributed by atoms with Crippen LogP contribution in [0.1, 0.15) is 47.6 Å². The van der Waals surface area contributed by atoms with Crippen molar-refractivity contribution in [1.29, 1.82) is 0 Å². The van der Waals surface area contributed by atoms with Crippen molar-refractivity contribution in [3.05, 3.63) is 118 Å². The van der Waals surface area contributed by atoms with Gasteiger partial charge in [0.15, 0.2) is 11.6 Å². The zero-order chi connectivity index (χ0) is 23.2. The summed E-state index contributed by atoms with van der Waals surface area (Å²) in [5, 5.41) is 1.11. The summed E-state index contributed by atoms with van der Waals surface area (Å²) in [6, 6.07) is 20.1. The Bertz CT molecular complexity index is 1430. The number of unbranched alkanes of at least 4 members (excludes halogenated alkanes) is 1. The normalized spacial score (nSPS) is 10.3. The highest BCUT2D eigenvalue weighted by atomic mass is 19.2. The van der Waals surface area contributed by atoms with Gasteiger partial charge in [-0.1, -0.05) is 55.2 Å². The predicted molar refractivity (Wildman–Crippen MR) is 127 cm³/mol. The van der Waals surface area contributed by atoms with Crippen LogP contribution in [0.15, 0.2) is 72.8 Å². The summed E-state index contributed by atoms with van der Waals surface area (Å²) in [5.41, 5.74) is 3.56. The standard InChI is InChI=1S/C30H21F3/c1-2-3-4-21-5-7-22(8-6-21)9-10-24-12-15-25(28(31)18-24)14-11-23-13-16-26-19-29(32)30(33)20-27(26)17-23/h5-8,12-13,15-20H,2-4H2,1H3. The van der Waals surface area contributed by atoms with Crippen LogP contribution < -0.4 is 0 Å². The summed E-state index contributed by atoms with van der Waals surface area (Å²) in [5.74, 6) is 9.47. The van der Waals surface area contributed by atoms with Gasteiger partial charge in [-0.2, -0.15) is 0 Å². The molecule has 0 aliphatic rings. The van der Waals surface area contributed by atoms with E-state index in [-0.39, 0.29) is 5.56 Å². The molecule has 0 fully saturated rings. The Morgan fingerprint density at radius 2 is 1.18 bits per heavy atom. The topological polar surface area (TPSA) is 0 Å². The van der Waals surface area contributed by atoms with Gasteiger partial charge in [0.2, 0.25) is 0 Å². The minimum absolute atomic E-state index is 0.242. The molecular formula is C30H21F3.